The predicted octanol–water partition coefficient (Wildman–Crippen LogP) is 4.16. The van der Waals surface area contributed by atoms with Crippen LogP contribution in [-0.2, 0) is 9.59 Å². The second-order valence-electron chi connectivity index (χ2n) is 6.95. The molecule has 8 nitrogen and oxygen atoms in total. The highest BCUT2D eigenvalue weighted by atomic mass is 32.2. The monoisotopic (exact) mass is 462 g/mol. The van der Waals surface area contributed by atoms with Gasteiger partial charge in [-0.1, -0.05) is 11.8 Å². The molecule has 0 spiro atoms. The summed E-state index contributed by atoms with van der Waals surface area (Å²) in [6.45, 7) is 1.43. The maximum absolute atomic E-state index is 13.5. The summed E-state index contributed by atoms with van der Waals surface area (Å²) >= 11 is 1.21. The number of hydrogen-bond donors (Lipinski definition) is 2. The van der Waals surface area contributed by atoms with E-state index >= 15 is 0 Å². The van der Waals surface area contributed by atoms with Crippen molar-refractivity contribution in [1.82, 2.24) is 19.7 Å². The number of nitrogens with one attached hydrogen (secondary N) is 2. The number of carbonyl (C=O) groups is 2. The van der Waals surface area contributed by atoms with E-state index in [4.69, 9.17) is 0 Å². The fraction of sp³-hybridized carbons (Fsp3) is 0.0870. The number of aromatic nitrogens is 4. The van der Waals surface area contributed by atoms with Crippen molar-refractivity contribution in [2.24, 2.45) is 0 Å². The Morgan fingerprint density at radius 3 is 2.18 bits per heavy atom. The molecule has 2 aromatic heterocycles. The highest BCUT2D eigenvalue weighted by Gasteiger charge is 2.17. The van der Waals surface area contributed by atoms with Crippen molar-refractivity contribution in [3.05, 3.63) is 78.9 Å². The Bertz CT molecular complexity index is 1260. The van der Waals surface area contributed by atoms with E-state index in [0.29, 0.717) is 28.0 Å². The van der Waals surface area contributed by atoms with Gasteiger partial charge in [-0.15, -0.1) is 10.2 Å². The average molecular weight is 463 g/mol. The molecule has 166 valence electrons. The first kappa shape index (κ1) is 22.2. The molecule has 33 heavy (non-hydrogen) atoms. The summed E-state index contributed by atoms with van der Waals surface area (Å²) in [5, 5.41) is 14.5. The summed E-state index contributed by atoms with van der Waals surface area (Å²) in [5.74, 6) is -0.106. The SMILES string of the molecule is CC(=O)Nc1ccc(NC(=O)CSc2nnc(-c3ccncc3)n2-c2ccc(F)cc2)cc1. The molecule has 4 aromatic rings. The third-order valence-corrected chi connectivity index (χ3v) is 5.41. The van der Waals surface area contributed by atoms with Gasteiger partial charge in [-0.05, 0) is 60.7 Å². The topological polar surface area (TPSA) is 102 Å². The van der Waals surface area contributed by atoms with Crippen LogP contribution in [0.3, 0.4) is 0 Å². The van der Waals surface area contributed by atoms with Gasteiger partial charge < -0.3 is 10.6 Å². The summed E-state index contributed by atoms with van der Waals surface area (Å²) in [5.41, 5.74) is 2.71. The van der Waals surface area contributed by atoms with Crippen molar-refractivity contribution >= 4 is 35.0 Å². The standard InChI is InChI=1S/C23H19FN6O2S/c1-15(31)26-18-4-6-19(7-5-18)27-21(32)14-33-23-29-28-22(16-10-12-25-13-11-16)30(23)20-8-2-17(24)3-9-20/h2-13H,14H2,1H3,(H,26,31)(H,27,32). The zero-order chi connectivity index (χ0) is 23.2. The van der Waals surface area contributed by atoms with Crippen LogP contribution in [0, 0.1) is 5.82 Å². The van der Waals surface area contributed by atoms with E-state index in [2.05, 4.69) is 25.8 Å². The van der Waals surface area contributed by atoms with Crippen LogP contribution in [0.5, 0.6) is 0 Å². The Morgan fingerprint density at radius 1 is 0.909 bits per heavy atom. The van der Waals surface area contributed by atoms with E-state index in [9.17, 15) is 14.0 Å². The van der Waals surface area contributed by atoms with Gasteiger partial charge in [0.2, 0.25) is 11.8 Å². The normalized spacial score (nSPS) is 10.6. The fourth-order valence-electron chi connectivity index (χ4n) is 3.04. The molecule has 2 N–H and O–H groups in total. The predicted molar refractivity (Wildman–Crippen MR) is 125 cm³/mol. The van der Waals surface area contributed by atoms with Gasteiger partial charge in [-0.2, -0.15) is 0 Å². The Hall–Kier alpha value is -4.05. The highest BCUT2D eigenvalue weighted by molar-refractivity contribution is 7.99. The number of anilines is 2. The van der Waals surface area contributed by atoms with Crippen LogP contribution in [0.1, 0.15) is 6.92 Å². The Morgan fingerprint density at radius 2 is 1.55 bits per heavy atom. The van der Waals surface area contributed by atoms with Crippen molar-refractivity contribution in [3.8, 4) is 17.1 Å². The number of pyridine rings is 1. The highest BCUT2D eigenvalue weighted by Crippen LogP contribution is 2.28. The molecule has 0 saturated heterocycles. The van der Waals surface area contributed by atoms with Gasteiger partial charge in [0, 0.05) is 41.9 Å². The average Bonchev–Trinajstić information content (AvgIpc) is 3.24. The van der Waals surface area contributed by atoms with Crippen LogP contribution in [0.2, 0.25) is 0 Å². The lowest BCUT2D eigenvalue weighted by atomic mass is 10.2. The lowest BCUT2D eigenvalue weighted by Gasteiger charge is -2.11. The first-order valence-corrected chi connectivity index (χ1v) is 10.9. The van der Waals surface area contributed by atoms with Crippen molar-refractivity contribution in [3.63, 3.8) is 0 Å². The Labute approximate surface area is 193 Å². The molecule has 10 heteroatoms. The smallest absolute Gasteiger partial charge is 0.234 e. The van der Waals surface area contributed by atoms with Gasteiger partial charge in [-0.25, -0.2) is 4.39 Å². The first-order chi connectivity index (χ1) is 16.0. The minimum atomic E-state index is -0.351. The van der Waals surface area contributed by atoms with Crippen molar-refractivity contribution in [2.75, 3.05) is 16.4 Å². The van der Waals surface area contributed by atoms with Gasteiger partial charge in [0.05, 0.1) is 5.75 Å². The minimum absolute atomic E-state index is 0.0864. The van der Waals surface area contributed by atoms with Crippen molar-refractivity contribution in [2.45, 2.75) is 12.1 Å². The van der Waals surface area contributed by atoms with Crippen LogP contribution in [0.15, 0.2) is 78.2 Å². The number of amides is 2. The zero-order valence-electron chi connectivity index (χ0n) is 17.5. The van der Waals surface area contributed by atoms with Crippen LogP contribution in [0.25, 0.3) is 17.1 Å². The molecule has 0 atom stereocenters. The molecule has 0 saturated carbocycles. The number of nitrogens with zero attached hydrogens (tertiary/aromatic N) is 4. The molecular formula is C23H19FN6O2S. The number of halogens is 1. The van der Waals surface area contributed by atoms with Gasteiger partial charge >= 0.3 is 0 Å². The third kappa shape index (κ3) is 5.60. The van der Waals surface area contributed by atoms with E-state index in [1.807, 2.05) is 0 Å². The lowest BCUT2D eigenvalue weighted by molar-refractivity contribution is -0.114. The molecule has 0 radical (unpaired) electrons. The molecule has 0 unspecified atom stereocenters. The molecule has 4 rings (SSSR count). The molecule has 0 aliphatic rings. The molecule has 0 bridgehead atoms. The van der Waals surface area contributed by atoms with Gasteiger partial charge in [-0.3, -0.25) is 19.1 Å². The van der Waals surface area contributed by atoms with Crippen LogP contribution in [0.4, 0.5) is 15.8 Å². The van der Waals surface area contributed by atoms with Crippen molar-refractivity contribution in [1.29, 1.82) is 0 Å². The zero-order valence-corrected chi connectivity index (χ0v) is 18.3. The maximum atomic E-state index is 13.5. The van der Waals surface area contributed by atoms with E-state index < -0.39 is 0 Å². The van der Waals surface area contributed by atoms with Crippen molar-refractivity contribution < 1.29 is 14.0 Å². The van der Waals surface area contributed by atoms with Gasteiger partial charge in [0.15, 0.2) is 11.0 Å². The lowest BCUT2D eigenvalue weighted by Crippen LogP contribution is -2.14. The van der Waals surface area contributed by atoms with Gasteiger partial charge in [0.1, 0.15) is 5.82 Å². The summed E-state index contributed by atoms with van der Waals surface area (Å²) in [6.07, 6.45) is 3.30. The fourth-order valence-corrected chi connectivity index (χ4v) is 3.79. The molecule has 2 amide bonds. The Balaban J connectivity index is 1.51. The first-order valence-electron chi connectivity index (χ1n) is 9.91. The largest absolute Gasteiger partial charge is 0.326 e. The number of thioether (sulfide) groups is 1. The summed E-state index contributed by atoms with van der Waals surface area (Å²) in [4.78, 5) is 27.6. The number of carbonyl (C=O) groups excluding carboxylic acids is 2. The third-order valence-electron chi connectivity index (χ3n) is 4.48. The summed E-state index contributed by atoms with van der Waals surface area (Å²) in [7, 11) is 0. The molecule has 2 heterocycles. The number of rotatable bonds is 7. The van der Waals surface area contributed by atoms with E-state index in [0.717, 1.165) is 5.56 Å². The molecule has 0 aliphatic carbocycles. The molecule has 2 aromatic carbocycles. The van der Waals surface area contributed by atoms with Gasteiger partial charge in [0.25, 0.3) is 0 Å². The number of hydrogen-bond acceptors (Lipinski definition) is 6. The van der Waals surface area contributed by atoms with E-state index in [-0.39, 0.29) is 23.4 Å². The quantitative estimate of drug-likeness (QED) is 0.400. The van der Waals surface area contributed by atoms with Crippen LogP contribution < -0.4 is 10.6 Å². The number of benzene rings is 2. The molecule has 0 fully saturated rings. The minimum Gasteiger partial charge on any atom is -0.326 e. The molecule has 0 aliphatic heterocycles. The summed E-state index contributed by atoms with van der Waals surface area (Å²) < 4.78 is 15.2. The maximum Gasteiger partial charge on any atom is 0.234 e. The molecular weight excluding hydrogens is 443 g/mol. The second kappa shape index (κ2) is 10.0. The Kier molecular flexibility index (Phi) is 6.75. The van der Waals surface area contributed by atoms with Crippen LogP contribution >= 0.6 is 11.8 Å². The van der Waals surface area contributed by atoms with E-state index in [1.165, 1.54) is 30.8 Å². The summed E-state index contributed by atoms with van der Waals surface area (Å²) in [6, 6.07) is 16.4. The van der Waals surface area contributed by atoms with Crippen LogP contribution in [-0.4, -0.2) is 37.3 Å². The van der Waals surface area contributed by atoms with E-state index in [1.54, 1.807) is 65.5 Å². The second-order valence-corrected chi connectivity index (χ2v) is 7.89.